The second kappa shape index (κ2) is 4.52. The van der Waals surface area contributed by atoms with Crippen LogP contribution in [-0.2, 0) is 6.61 Å². The van der Waals surface area contributed by atoms with Crippen molar-refractivity contribution in [3.8, 4) is 0 Å². The molecule has 0 fully saturated rings. The lowest BCUT2D eigenvalue weighted by molar-refractivity contribution is 0.0748. The number of nitrogens with one attached hydrogen (secondary N) is 2. The molecule has 1 aromatic carbocycles. The summed E-state index contributed by atoms with van der Waals surface area (Å²) in [6, 6.07) is 9.01. The van der Waals surface area contributed by atoms with E-state index in [0.29, 0.717) is 4.73 Å². The monoisotopic (exact) mass is 235 g/mol. The Morgan fingerprint density at radius 3 is 2.18 bits per heavy atom. The predicted molar refractivity (Wildman–Crippen MR) is 58.7 cm³/mol. The molecular weight excluding hydrogens is 226 g/mol. The molecule has 0 radical (unpaired) electrons. The topological polar surface area (TPSA) is 96.9 Å². The van der Waals surface area contributed by atoms with E-state index in [1.165, 1.54) is 0 Å². The van der Waals surface area contributed by atoms with Crippen molar-refractivity contribution in [2.24, 2.45) is 0 Å². The molecule has 2 rings (SSSR count). The number of benzene rings is 1. The van der Waals surface area contributed by atoms with Crippen LogP contribution in [0, 0.1) is 0 Å². The summed E-state index contributed by atoms with van der Waals surface area (Å²) < 4.78 is 0.467. The van der Waals surface area contributed by atoms with Gasteiger partial charge >= 0.3 is 17.1 Å². The lowest BCUT2D eigenvalue weighted by atomic mass is 10.2. The maximum absolute atomic E-state index is 11.2. The SMILES string of the molecule is O=c1[nH]c(=O)n(OCc2ccccc2)c(=O)[nH]1. The van der Waals surface area contributed by atoms with E-state index < -0.39 is 17.1 Å². The van der Waals surface area contributed by atoms with Crippen LogP contribution in [0.3, 0.4) is 0 Å². The van der Waals surface area contributed by atoms with Crippen molar-refractivity contribution in [2.45, 2.75) is 6.61 Å². The second-order valence-corrected chi connectivity index (χ2v) is 3.24. The van der Waals surface area contributed by atoms with Gasteiger partial charge in [-0.2, -0.15) is 0 Å². The van der Waals surface area contributed by atoms with Gasteiger partial charge in [-0.15, -0.1) is 0 Å². The van der Waals surface area contributed by atoms with Crippen LogP contribution in [-0.4, -0.2) is 14.7 Å². The van der Waals surface area contributed by atoms with E-state index >= 15 is 0 Å². The van der Waals surface area contributed by atoms with E-state index in [1.807, 2.05) is 16.0 Å². The normalized spacial score (nSPS) is 10.1. The maximum atomic E-state index is 11.2. The molecule has 7 nitrogen and oxygen atoms in total. The average Bonchev–Trinajstić information content (AvgIpc) is 2.29. The Kier molecular flexibility index (Phi) is 2.91. The van der Waals surface area contributed by atoms with E-state index in [-0.39, 0.29) is 6.61 Å². The molecule has 0 unspecified atom stereocenters. The Bertz CT molecular complexity index is 634. The summed E-state index contributed by atoms with van der Waals surface area (Å²) in [5.41, 5.74) is -1.88. The van der Waals surface area contributed by atoms with Gasteiger partial charge in [0.15, 0.2) is 0 Å². The summed E-state index contributed by atoms with van der Waals surface area (Å²) in [5.74, 6) is 0. The van der Waals surface area contributed by atoms with E-state index in [1.54, 1.807) is 24.3 Å². The highest BCUT2D eigenvalue weighted by atomic mass is 16.7. The third-order valence-corrected chi connectivity index (χ3v) is 2.01. The van der Waals surface area contributed by atoms with Gasteiger partial charge in [0, 0.05) is 0 Å². The minimum absolute atomic E-state index is 0.0515. The van der Waals surface area contributed by atoms with Gasteiger partial charge in [0.2, 0.25) is 0 Å². The highest BCUT2D eigenvalue weighted by Gasteiger charge is 2.03. The summed E-state index contributed by atoms with van der Waals surface area (Å²) in [4.78, 5) is 42.0. The van der Waals surface area contributed by atoms with E-state index in [4.69, 9.17) is 4.84 Å². The number of nitrogens with zero attached hydrogens (tertiary/aromatic N) is 1. The Morgan fingerprint density at radius 1 is 1.00 bits per heavy atom. The van der Waals surface area contributed by atoms with Crippen molar-refractivity contribution in [1.29, 1.82) is 0 Å². The first-order chi connectivity index (χ1) is 8.16. The van der Waals surface area contributed by atoms with Crippen molar-refractivity contribution >= 4 is 0 Å². The zero-order valence-electron chi connectivity index (χ0n) is 8.67. The summed E-state index contributed by atoms with van der Waals surface area (Å²) in [6.07, 6.45) is 0. The Labute approximate surface area is 94.3 Å². The van der Waals surface area contributed by atoms with Crippen molar-refractivity contribution in [3.63, 3.8) is 0 Å². The van der Waals surface area contributed by atoms with Crippen LogP contribution in [0.25, 0.3) is 0 Å². The molecule has 0 aliphatic heterocycles. The predicted octanol–water partition coefficient (Wildman–Crippen LogP) is -1.15. The lowest BCUT2D eigenvalue weighted by Gasteiger charge is -2.05. The van der Waals surface area contributed by atoms with Crippen molar-refractivity contribution in [1.82, 2.24) is 14.7 Å². The van der Waals surface area contributed by atoms with E-state index in [0.717, 1.165) is 5.56 Å². The third-order valence-electron chi connectivity index (χ3n) is 2.01. The minimum Gasteiger partial charge on any atom is -0.400 e. The van der Waals surface area contributed by atoms with Gasteiger partial charge < -0.3 is 4.84 Å². The molecule has 2 N–H and O–H groups in total. The number of rotatable bonds is 3. The fourth-order valence-electron chi connectivity index (χ4n) is 1.25. The molecule has 0 bridgehead atoms. The Hall–Kier alpha value is -2.57. The van der Waals surface area contributed by atoms with Crippen molar-refractivity contribution < 1.29 is 4.84 Å². The molecule has 1 aromatic heterocycles. The molecule has 17 heavy (non-hydrogen) atoms. The zero-order valence-corrected chi connectivity index (χ0v) is 8.67. The first-order valence-corrected chi connectivity index (χ1v) is 4.80. The van der Waals surface area contributed by atoms with Gasteiger partial charge in [-0.25, -0.2) is 14.4 Å². The van der Waals surface area contributed by atoms with Crippen LogP contribution >= 0.6 is 0 Å². The van der Waals surface area contributed by atoms with Crippen molar-refractivity contribution in [2.75, 3.05) is 0 Å². The molecule has 88 valence electrons. The van der Waals surface area contributed by atoms with Gasteiger partial charge in [-0.3, -0.25) is 9.97 Å². The fourth-order valence-corrected chi connectivity index (χ4v) is 1.25. The Morgan fingerprint density at radius 2 is 1.59 bits per heavy atom. The summed E-state index contributed by atoms with van der Waals surface area (Å²) >= 11 is 0. The minimum atomic E-state index is -0.908. The van der Waals surface area contributed by atoms with Crippen LogP contribution in [0.15, 0.2) is 44.7 Å². The van der Waals surface area contributed by atoms with Crippen LogP contribution in [0.1, 0.15) is 5.56 Å². The number of H-pyrrole nitrogens is 2. The van der Waals surface area contributed by atoms with Crippen molar-refractivity contribution in [3.05, 3.63) is 67.3 Å². The maximum Gasteiger partial charge on any atom is 0.367 e. The average molecular weight is 235 g/mol. The van der Waals surface area contributed by atoms with Crippen LogP contribution in [0.2, 0.25) is 0 Å². The zero-order chi connectivity index (χ0) is 12.3. The summed E-state index contributed by atoms with van der Waals surface area (Å²) in [7, 11) is 0. The molecule has 0 saturated carbocycles. The second-order valence-electron chi connectivity index (χ2n) is 3.24. The fraction of sp³-hybridized carbons (Fsp3) is 0.100. The van der Waals surface area contributed by atoms with Crippen LogP contribution < -0.4 is 21.9 Å². The van der Waals surface area contributed by atoms with E-state index in [9.17, 15) is 14.4 Å². The van der Waals surface area contributed by atoms with Gasteiger partial charge in [0.25, 0.3) is 0 Å². The van der Waals surface area contributed by atoms with Gasteiger partial charge in [-0.05, 0) is 5.56 Å². The van der Waals surface area contributed by atoms with Gasteiger partial charge in [-0.1, -0.05) is 35.1 Å². The summed E-state index contributed by atoms with van der Waals surface area (Å²) in [6.45, 7) is 0.0515. The van der Waals surface area contributed by atoms with Gasteiger partial charge in [0.05, 0.1) is 0 Å². The standard InChI is InChI=1S/C10H9N3O4/c14-8-11-9(15)13(10(16)12-8)17-6-7-4-2-1-3-5-7/h1-5H,6H2,(H2,11,12,14,15,16). The molecule has 1 heterocycles. The molecule has 0 aliphatic carbocycles. The molecule has 0 aliphatic rings. The highest BCUT2D eigenvalue weighted by molar-refractivity contribution is 5.13. The molecule has 0 amide bonds. The van der Waals surface area contributed by atoms with Crippen LogP contribution in [0.4, 0.5) is 0 Å². The number of aromatic amines is 2. The number of hydrogen-bond acceptors (Lipinski definition) is 4. The number of aromatic nitrogens is 3. The first kappa shape index (κ1) is 10.9. The van der Waals surface area contributed by atoms with Crippen LogP contribution in [0.5, 0.6) is 0 Å². The number of hydrogen-bond donors (Lipinski definition) is 2. The molecule has 0 spiro atoms. The molecule has 0 atom stereocenters. The first-order valence-electron chi connectivity index (χ1n) is 4.80. The van der Waals surface area contributed by atoms with Gasteiger partial charge in [0.1, 0.15) is 6.61 Å². The molecule has 2 aromatic rings. The molecule has 0 saturated heterocycles. The molecule has 7 heteroatoms. The quantitative estimate of drug-likeness (QED) is 0.702. The third kappa shape index (κ3) is 2.51. The summed E-state index contributed by atoms with van der Waals surface area (Å²) in [5, 5.41) is 0. The van der Waals surface area contributed by atoms with E-state index in [2.05, 4.69) is 0 Å². The highest BCUT2D eigenvalue weighted by Crippen LogP contribution is 1.97. The largest absolute Gasteiger partial charge is 0.400 e. The molecular formula is C10H9N3O4. The smallest absolute Gasteiger partial charge is 0.367 e. The lowest BCUT2D eigenvalue weighted by Crippen LogP contribution is -2.46. The Balaban J connectivity index is 2.24.